The van der Waals surface area contributed by atoms with E-state index in [0.29, 0.717) is 28.5 Å². The molecule has 9 nitrogen and oxygen atoms in total. The number of carboxylic acid groups (broad SMARTS) is 1. The number of piperazine rings is 1. The van der Waals surface area contributed by atoms with Crippen LogP contribution in [0.5, 0.6) is 0 Å². The quantitative estimate of drug-likeness (QED) is 0.0962. The molecule has 0 aromatic heterocycles. The third kappa shape index (κ3) is 7.60. The van der Waals surface area contributed by atoms with E-state index >= 15 is 0 Å². The van der Waals surface area contributed by atoms with Crippen LogP contribution in [0.4, 0.5) is 17.1 Å². The molecule has 1 saturated heterocycles. The van der Waals surface area contributed by atoms with Crippen molar-refractivity contribution in [2.24, 2.45) is 0 Å². The summed E-state index contributed by atoms with van der Waals surface area (Å²) >= 11 is 7.29. The van der Waals surface area contributed by atoms with Gasteiger partial charge in [0, 0.05) is 53.9 Å². The highest BCUT2D eigenvalue weighted by atomic mass is 35.5. The molecule has 0 aliphatic carbocycles. The van der Waals surface area contributed by atoms with Gasteiger partial charge < -0.3 is 15.7 Å². The summed E-state index contributed by atoms with van der Waals surface area (Å²) in [5, 5.41) is 10.2. The average Bonchev–Trinajstić information content (AvgIpc) is 3.02. The standard InChI is InChI=1S/C32H32ClN5O4S/c1-42-35-30-19-27(11-13-29(30)34)43-36-31(39)22-4-9-26(10-5-22)38-16-14-37(15-17-38)20-24-18-23(32(40)41)6-12-28(24)21-2-7-25(33)8-3-21/h2-13,18-19,35H,14-17,20,34H2,1H3,(H,36,39)(H,40,41). The van der Waals surface area contributed by atoms with Crippen molar-refractivity contribution in [2.75, 3.05) is 49.4 Å². The van der Waals surface area contributed by atoms with E-state index in [1.807, 2.05) is 60.7 Å². The van der Waals surface area contributed by atoms with Crippen LogP contribution in [0.3, 0.4) is 0 Å². The predicted molar refractivity (Wildman–Crippen MR) is 173 cm³/mol. The van der Waals surface area contributed by atoms with Crippen LogP contribution >= 0.6 is 23.5 Å². The van der Waals surface area contributed by atoms with Crippen LogP contribution in [0.25, 0.3) is 11.1 Å². The zero-order valence-electron chi connectivity index (χ0n) is 23.5. The van der Waals surface area contributed by atoms with Crippen molar-refractivity contribution >= 4 is 52.5 Å². The number of benzene rings is 4. The lowest BCUT2D eigenvalue weighted by Gasteiger charge is -2.36. The normalized spacial score (nSPS) is 13.5. The van der Waals surface area contributed by atoms with Crippen LogP contribution < -0.4 is 20.8 Å². The first-order valence-electron chi connectivity index (χ1n) is 13.7. The molecule has 4 aromatic carbocycles. The van der Waals surface area contributed by atoms with Crippen molar-refractivity contribution in [2.45, 2.75) is 11.4 Å². The number of nitrogen functional groups attached to an aromatic ring is 1. The number of rotatable bonds is 10. The minimum atomic E-state index is -0.941. The molecule has 43 heavy (non-hydrogen) atoms. The summed E-state index contributed by atoms with van der Waals surface area (Å²) in [6.07, 6.45) is 0. The Bertz CT molecular complexity index is 1590. The van der Waals surface area contributed by atoms with Gasteiger partial charge in [-0.15, -0.1) is 0 Å². The number of aromatic carboxylic acids is 1. The number of anilines is 3. The molecule has 1 amide bonds. The van der Waals surface area contributed by atoms with Gasteiger partial charge in [-0.3, -0.25) is 24.7 Å². The molecule has 11 heteroatoms. The molecular weight excluding hydrogens is 586 g/mol. The largest absolute Gasteiger partial charge is 0.478 e. The SMILES string of the molecule is CONc1cc(SNC(=O)c2ccc(N3CCN(Cc4cc(C(=O)O)ccc4-c4ccc(Cl)cc4)CC3)cc2)ccc1N. The van der Waals surface area contributed by atoms with Crippen LogP contribution in [-0.4, -0.2) is 55.2 Å². The molecule has 5 rings (SSSR count). The Balaban J connectivity index is 1.18. The van der Waals surface area contributed by atoms with E-state index in [4.69, 9.17) is 22.2 Å². The molecule has 0 unspecified atom stereocenters. The minimum Gasteiger partial charge on any atom is -0.478 e. The smallest absolute Gasteiger partial charge is 0.335 e. The van der Waals surface area contributed by atoms with E-state index in [2.05, 4.69) is 20.0 Å². The Morgan fingerprint density at radius 2 is 1.63 bits per heavy atom. The molecule has 0 bridgehead atoms. The summed E-state index contributed by atoms with van der Waals surface area (Å²) in [7, 11) is 1.51. The van der Waals surface area contributed by atoms with E-state index in [1.165, 1.54) is 19.1 Å². The van der Waals surface area contributed by atoms with Crippen LogP contribution in [0.2, 0.25) is 5.02 Å². The monoisotopic (exact) mass is 617 g/mol. The van der Waals surface area contributed by atoms with Crippen molar-refractivity contribution in [1.29, 1.82) is 0 Å². The van der Waals surface area contributed by atoms with Gasteiger partial charge in [0.05, 0.1) is 24.0 Å². The van der Waals surface area contributed by atoms with Crippen molar-refractivity contribution in [1.82, 2.24) is 9.62 Å². The molecule has 0 spiro atoms. The predicted octanol–water partition coefficient (Wildman–Crippen LogP) is 6.02. The highest BCUT2D eigenvalue weighted by Gasteiger charge is 2.20. The number of carbonyl (C=O) groups excluding carboxylic acids is 1. The molecule has 5 N–H and O–H groups in total. The van der Waals surface area contributed by atoms with Crippen LogP contribution in [0, 0.1) is 0 Å². The Kier molecular flexibility index (Phi) is 9.73. The number of hydrogen-bond acceptors (Lipinski definition) is 8. The van der Waals surface area contributed by atoms with Gasteiger partial charge in [0.2, 0.25) is 0 Å². The number of halogens is 1. The van der Waals surface area contributed by atoms with Gasteiger partial charge in [-0.2, -0.15) is 0 Å². The number of hydrogen-bond donors (Lipinski definition) is 4. The van der Waals surface area contributed by atoms with Gasteiger partial charge in [-0.25, -0.2) is 4.79 Å². The fourth-order valence-electron chi connectivity index (χ4n) is 4.96. The topological polar surface area (TPSA) is 120 Å². The van der Waals surface area contributed by atoms with E-state index in [9.17, 15) is 14.7 Å². The highest BCUT2D eigenvalue weighted by Crippen LogP contribution is 2.29. The number of nitrogens with zero attached hydrogens (tertiary/aromatic N) is 2. The van der Waals surface area contributed by atoms with E-state index < -0.39 is 5.97 Å². The number of carbonyl (C=O) groups is 2. The third-order valence-electron chi connectivity index (χ3n) is 7.27. The maximum absolute atomic E-state index is 12.8. The van der Waals surface area contributed by atoms with E-state index in [0.717, 1.165) is 53.5 Å². The molecule has 0 radical (unpaired) electrons. The summed E-state index contributed by atoms with van der Waals surface area (Å²) < 4.78 is 2.87. The molecule has 0 saturated carbocycles. The molecule has 1 fully saturated rings. The summed E-state index contributed by atoms with van der Waals surface area (Å²) in [6.45, 7) is 3.90. The maximum Gasteiger partial charge on any atom is 0.335 e. The second kappa shape index (κ2) is 13.8. The van der Waals surface area contributed by atoms with Gasteiger partial charge in [0.25, 0.3) is 5.91 Å². The zero-order valence-corrected chi connectivity index (χ0v) is 25.1. The van der Waals surface area contributed by atoms with Crippen LogP contribution in [0.1, 0.15) is 26.3 Å². The van der Waals surface area contributed by atoms with Gasteiger partial charge in [-0.05, 0) is 95.4 Å². The van der Waals surface area contributed by atoms with E-state index in [1.54, 1.807) is 24.3 Å². The van der Waals surface area contributed by atoms with Gasteiger partial charge in [0.15, 0.2) is 0 Å². The summed E-state index contributed by atoms with van der Waals surface area (Å²) in [5.74, 6) is -1.14. The van der Waals surface area contributed by atoms with Crippen LogP contribution in [-0.2, 0) is 11.4 Å². The Hall–Kier alpha value is -4.22. The van der Waals surface area contributed by atoms with Gasteiger partial charge >= 0.3 is 5.97 Å². The van der Waals surface area contributed by atoms with E-state index in [-0.39, 0.29) is 11.5 Å². The summed E-state index contributed by atoms with van der Waals surface area (Å²) in [5.41, 5.74) is 14.7. The Morgan fingerprint density at radius 3 is 2.30 bits per heavy atom. The van der Waals surface area contributed by atoms with Crippen molar-refractivity contribution in [3.05, 3.63) is 107 Å². The first kappa shape index (κ1) is 30.2. The molecular formula is C32H32ClN5O4S. The van der Waals surface area contributed by atoms with Gasteiger partial charge in [0.1, 0.15) is 0 Å². The lowest BCUT2D eigenvalue weighted by Crippen LogP contribution is -2.46. The maximum atomic E-state index is 12.8. The molecule has 1 aliphatic rings. The van der Waals surface area contributed by atoms with Gasteiger partial charge in [-0.1, -0.05) is 29.8 Å². The number of nitrogens with one attached hydrogen (secondary N) is 2. The van der Waals surface area contributed by atoms with Crippen molar-refractivity contribution in [3.8, 4) is 11.1 Å². The first-order chi connectivity index (χ1) is 20.8. The van der Waals surface area contributed by atoms with Crippen molar-refractivity contribution < 1.29 is 19.5 Å². The lowest BCUT2D eigenvalue weighted by atomic mass is 9.97. The molecule has 1 aliphatic heterocycles. The lowest BCUT2D eigenvalue weighted by molar-refractivity contribution is 0.0696. The second-order valence-electron chi connectivity index (χ2n) is 10.1. The Morgan fingerprint density at radius 1 is 0.930 bits per heavy atom. The fourth-order valence-corrected chi connectivity index (χ4v) is 5.73. The summed E-state index contributed by atoms with van der Waals surface area (Å²) in [4.78, 5) is 34.8. The zero-order chi connectivity index (χ0) is 30.3. The minimum absolute atomic E-state index is 0.195. The summed E-state index contributed by atoms with van der Waals surface area (Å²) in [6, 6.07) is 25.8. The third-order valence-corrected chi connectivity index (χ3v) is 8.30. The number of carboxylic acids is 1. The van der Waals surface area contributed by atoms with Crippen LogP contribution in [0.15, 0.2) is 89.8 Å². The molecule has 222 valence electrons. The second-order valence-corrected chi connectivity index (χ2v) is 11.4. The molecule has 0 atom stereocenters. The number of nitrogens with two attached hydrogens (primary N) is 1. The molecule has 1 heterocycles. The Labute approximate surface area is 259 Å². The fraction of sp³-hybridized carbons (Fsp3) is 0.188. The number of amides is 1. The first-order valence-corrected chi connectivity index (χ1v) is 14.9. The molecule has 4 aromatic rings. The highest BCUT2D eigenvalue weighted by molar-refractivity contribution is 7.98. The van der Waals surface area contributed by atoms with Crippen molar-refractivity contribution in [3.63, 3.8) is 0 Å². The average molecular weight is 618 g/mol.